The van der Waals surface area contributed by atoms with E-state index in [0.29, 0.717) is 6.54 Å². The summed E-state index contributed by atoms with van der Waals surface area (Å²) in [5.74, 6) is 0.0456. The Hall–Kier alpha value is -1.55. The Labute approximate surface area is 109 Å². The third kappa shape index (κ3) is 7.68. The summed E-state index contributed by atoms with van der Waals surface area (Å²) in [6.07, 6.45) is -0.454. The Morgan fingerprint density at radius 3 is 2.50 bits per heavy atom. The average molecular weight is 253 g/mol. The Balaban J connectivity index is 0.00000137. The number of rotatable bonds is 5. The lowest BCUT2D eigenvalue weighted by atomic mass is 10.2. The maximum atomic E-state index is 11.2. The van der Waals surface area contributed by atoms with Gasteiger partial charge in [-0.05, 0) is 11.5 Å². The smallest absolute Gasteiger partial charge is 0.407 e. The zero-order chi connectivity index (χ0) is 13.8. The predicted octanol–water partition coefficient (Wildman–Crippen LogP) is 2.57. The zero-order valence-electron chi connectivity index (χ0n) is 11.3. The molecule has 0 heterocycles. The molecule has 18 heavy (non-hydrogen) atoms. The lowest BCUT2D eigenvalue weighted by Crippen LogP contribution is -2.29. The monoisotopic (exact) mass is 253 g/mol. The van der Waals surface area contributed by atoms with Crippen LogP contribution in [0.2, 0.25) is 0 Å². The Bertz CT molecular complexity index is 314. The number of benzene rings is 1. The number of hydrogen-bond donors (Lipinski definition) is 2. The molecule has 4 nitrogen and oxygen atoms in total. The molecule has 1 amide bonds. The molecule has 1 unspecified atom stereocenters. The van der Waals surface area contributed by atoms with Gasteiger partial charge in [0.25, 0.3) is 0 Å². The van der Waals surface area contributed by atoms with Crippen LogP contribution in [0.3, 0.4) is 0 Å². The topological polar surface area (TPSA) is 58.6 Å². The van der Waals surface area contributed by atoms with Gasteiger partial charge in [-0.25, -0.2) is 4.79 Å². The first-order valence-corrected chi connectivity index (χ1v) is 6.27. The van der Waals surface area contributed by atoms with E-state index in [1.165, 1.54) is 0 Å². The fraction of sp³-hybridized carbons (Fsp3) is 0.500. The number of aliphatic hydroxyl groups excluding tert-OH is 1. The molecule has 0 saturated carbocycles. The van der Waals surface area contributed by atoms with Crippen LogP contribution in [0, 0.1) is 5.92 Å². The van der Waals surface area contributed by atoms with Crippen LogP contribution in [0.15, 0.2) is 30.3 Å². The first kappa shape index (κ1) is 16.4. The Morgan fingerprint density at radius 1 is 1.33 bits per heavy atom. The van der Waals surface area contributed by atoms with Crippen LogP contribution < -0.4 is 5.32 Å². The van der Waals surface area contributed by atoms with E-state index in [2.05, 4.69) is 5.32 Å². The second-order valence-corrected chi connectivity index (χ2v) is 3.73. The van der Waals surface area contributed by atoms with E-state index in [0.717, 1.165) is 5.56 Å². The van der Waals surface area contributed by atoms with Crippen LogP contribution in [0.1, 0.15) is 26.3 Å². The number of nitrogens with one attached hydrogen (secondary N) is 1. The molecule has 102 valence electrons. The molecule has 1 rings (SSSR count). The minimum Gasteiger partial charge on any atom is -0.445 e. The van der Waals surface area contributed by atoms with Crippen molar-refractivity contribution in [2.75, 3.05) is 13.2 Å². The summed E-state index contributed by atoms with van der Waals surface area (Å²) in [6.45, 7) is 6.58. The second kappa shape index (κ2) is 10.6. The molecular weight excluding hydrogens is 230 g/mol. The lowest BCUT2D eigenvalue weighted by Gasteiger charge is -2.10. The Kier molecular flexibility index (Phi) is 9.68. The molecule has 0 saturated heterocycles. The first-order chi connectivity index (χ1) is 8.72. The van der Waals surface area contributed by atoms with Gasteiger partial charge < -0.3 is 15.2 Å². The van der Waals surface area contributed by atoms with Gasteiger partial charge in [0.2, 0.25) is 0 Å². The first-order valence-electron chi connectivity index (χ1n) is 6.27. The molecule has 0 bridgehead atoms. The van der Waals surface area contributed by atoms with Crippen molar-refractivity contribution in [3.8, 4) is 0 Å². The third-order valence-corrected chi connectivity index (χ3v) is 2.12. The highest BCUT2D eigenvalue weighted by Crippen LogP contribution is 2.00. The van der Waals surface area contributed by atoms with Gasteiger partial charge in [-0.3, -0.25) is 0 Å². The van der Waals surface area contributed by atoms with Crippen LogP contribution in [-0.2, 0) is 11.3 Å². The van der Waals surface area contributed by atoms with E-state index in [1.807, 2.05) is 51.1 Å². The molecule has 0 radical (unpaired) electrons. The van der Waals surface area contributed by atoms with Crippen molar-refractivity contribution >= 4 is 6.09 Å². The summed E-state index contributed by atoms with van der Waals surface area (Å²) in [5.41, 5.74) is 0.952. The molecule has 0 aliphatic heterocycles. The maximum Gasteiger partial charge on any atom is 0.407 e. The third-order valence-electron chi connectivity index (χ3n) is 2.12. The molecule has 1 aromatic rings. The van der Waals surface area contributed by atoms with Crippen molar-refractivity contribution in [2.45, 2.75) is 27.4 Å². The number of ether oxygens (including phenoxy) is 1. The molecule has 0 spiro atoms. The van der Waals surface area contributed by atoms with E-state index in [9.17, 15) is 4.79 Å². The fourth-order valence-electron chi connectivity index (χ4n) is 1.10. The van der Waals surface area contributed by atoms with Gasteiger partial charge in [-0.15, -0.1) is 0 Å². The van der Waals surface area contributed by atoms with E-state index in [4.69, 9.17) is 9.84 Å². The fourth-order valence-corrected chi connectivity index (χ4v) is 1.10. The van der Waals surface area contributed by atoms with Gasteiger partial charge in [0.1, 0.15) is 6.61 Å². The molecule has 2 N–H and O–H groups in total. The number of carbonyl (C=O) groups excluding carboxylic acids is 1. The van der Waals surface area contributed by atoms with Crippen LogP contribution in [0.4, 0.5) is 4.79 Å². The number of alkyl carbamates (subject to hydrolysis) is 1. The number of amides is 1. The number of carbonyl (C=O) groups is 1. The van der Waals surface area contributed by atoms with Gasteiger partial charge in [0, 0.05) is 13.2 Å². The summed E-state index contributed by atoms with van der Waals surface area (Å²) < 4.78 is 4.99. The van der Waals surface area contributed by atoms with Crippen molar-refractivity contribution in [1.29, 1.82) is 0 Å². The molecule has 0 aliphatic rings. The second-order valence-electron chi connectivity index (χ2n) is 3.73. The predicted molar refractivity (Wildman–Crippen MR) is 72.2 cm³/mol. The van der Waals surface area contributed by atoms with Crippen LogP contribution in [-0.4, -0.2) is 24.4 Å². The van der Waals surface area contributed by atoms with Crippen molar-refractivity contribution in [2.24, 2.45) is 5.92 Å². The Morgan fingerprint density at radius 2 is 1.94 bits per heavy atom. The molecule has 1 aromatic carbocycles. The summed E-state index contributed by atoms with van der Waals surface area (Å²) in [5, 5.41) is 11.3. The van der Waals surface area contributed by atoms with Crippen molar-refractivity contribution < 1.29 is 14.6 Å². The molecule has 4 heteroatoms. The van der Waals surface area contributed by atoms with Crippen molar-refractivity contribution in [3.63, 3.8) is 0 Å². The highest BCUT2D eigenvalue weighted by molar-refractivity contribution is 5.67. The van der Waals surface area contributed by atoms with Gasteiger partial charge >= 0.3 is 6.09 Å². The van der Waals surface area contributed by atoms with Crippen molar-refractivity contribution in [1.82, 2.24) is 5.32 Å². The van der Waals surface area contributed by atoms with E-state index >= 15 is 0 Å². The summed E-state index contributed by atoms with van der Waals surface area (Å²) in [7, 11) is 0. The molecule has 0 fully saturated rings. The minimum absolute atomic E-state index is 0.0456. The summed E-state index contributed by atoms with van der Waals surface area (Å²) in [4.78, 5) is 11.2. The van der Waals surface area contributed by atoms with Crippen LogP contribution >= 0.6 is 0 Å². The van der Waals surface area contributed by atoms with E-state index in [-0.39, 0.29) is 19.1 Å². The molecule has 0 aliphatic carbocycles. The largest absolute Gasteiger partial charge is 0.445 e. The van der Waals surface area contributed by atoms with E-state index < -0.39 is 6.09 Å². The van der Waals surface area contributed by atoms with E-state index in [1.54, 1.807) is 0 Å². The van der Waals surface area contributed by atoms with Crippen LogP contribution in [0.5, 0.6) is 0 Å². The standard InChI is InChI=1S/C12H17NO3.C2H6/c1-10(8-14)7-13-12(15)16-9-11-5-3-2-4-6-11;1-2/h2-6,10,14H,7-9H2,1H3,(H,13,15);1-2H3. The lowest BCUT2D eigenvalue weighted by molar-refractivity contribution is 0.136. The molecule has 1 atom stereocenters. The highest BCUT2D eigenvalue weighted by Gasteiger charge is 2.05. The SMILES string of the molecule is CC.CC(CO)CNC(=O)OCc1ccccc1. The summed E-state index contributed by atoms with van der Waals surface area (Å²) >= 11 is 0. The minimum atomic E-state index is -0.454. The summed E-state index contributed by atoms with van der Waals surface area (Å²) in [6, 6.07) is 9.48. The maximum absolute atomic E-state index is 11.2. The van der Waals surface area contributed by atoms with Gasteiger partial charge in [0.05, 0.1) is 0 Å². The molecular formula is C14H23NO3. The quantitative estimate of drug-likeness (QED) is 0.848. The zero-order valence-corrected chi connectivity index (χ0v) is 11.3. The van der Waals surface area contributed by atoms with Gasteiger partial charge in [-0.2, -0.15) is 0 Å². The van der Waals surface area contributed by atoms with Gasteiger partial charge in [-0.1, -0.05) is 51.1 Å². The number of aliphatic hydroxyl groups is 1. The molecule has 0 aromatic heterocycles. The number of hydrogen-bond acceptors (Lipinski definition) is 3. The highest BCUT2D eigenvalue weighted by atomic mass is 16.5. The van der Waals surface area contributed by atoms with Crippen molar-refractivity contribution in [3.05, 3.63) is 35.9 Å². The van der Waals surface area contributed by atoms with Gasteiger partial charge in [0.15, 0.2) is 0 Å². The average Bonchev–Trinajstić information content (AvgIpc) is 2.45. The normalized spacial score (nSPS) is 10.9. The van der Waals surface area contributed by atoms with Crippen LogP contribution in [0.25, 0.3) is 0 Å².